The predicted octanol–water partition coefficient (Wildman–Crippen LogP) is -3.32. The molecule has 0 aromatic rings. The molecule has 0 aliphatic carbocycles. The van der Waals surface area contributed by atoms with Crippen molar-refractivity contribution in [3.8, 4) is 0 Å². The third-order valence-corrected chi connectivity index (χ3v) is 1.94. The zero-order valence-electron chi connectivity index (χ0n) is 14.1. The Hall–Kier alpha value is -1.51. The molecule has 0 aromatic carbocycles. The number of aliphatic carboxylic acids is 5. The van der Waals surface area contributed by atoms with E-state index < -0.39 is 60.8 Å². The van der Waals surface area contributed by atoms with E-state index in [9.17, 15) is 24.0 Å². The number of carboxylic acid groups (broad SMARTS) is 5. The Morgan fingerprint density at radius 1 is 0.833 bits per heavy atom. The fourth-order valence-electron chi connectivity index (χ4n) is 0.967. The Bertz CT molecular complexity index is 454. The molecule has 0 amide bonds. The molecule has 0 spiro atoms. The third-order valence-electron chi connectivity index (χ3n) is 1.94. The number of aliphatic hydroxyl groups is 2. The molecular weight excluding hydrogens is 368 g/mol. The molecule has 0 saturated carbocycles. The summed E-state index contributed by atoms with van der Waals surface area (Å²) in [7, 11) is 0. The molecule has 0 aliphatic rings. The standard InChI is InChI=1S/C6H8O7.C4H6O5.Ca.H2O.2H/c7-3(8)1-6(13,5(11)12)2-4(9)10;5-2(4(8)9)1-3(6)7;;;;/h13H,1-2H2,(H,7,8)(H,9,10)(H,11,12);2,5H,1H2,(H,6,7)(H,8,9);;1H2;;/q;;+2;;2*-1. The van der Waals surface area contributed by atoms with E-state index in [0.717, 1.165) is 0 Å². The van der Waals surface area contributed by atoms with Crippen LogP contribution in [0.4, 0.5) is 0 Å². The first-order chi connectivity index (χ1) is 9.81. The van der Waals surface area contributed by atoms with Gasteiger partial charge < -0.3 is 44.1 Å². The first-order valence-corrected chi connectivity index (χ1v) is 5.34. The van der Waals surface area contributed by atoms with Gasteiger partial charge in [0.2, 0.25) is 0 Å². The summed E-state index contributed by atoms with van der Waals surface area (Å²) in [4.78, 5) is 49.9. The number of carbonyl (C=O) groups is 5. The summed E-state index contributed by atoms with van der Waals surface area (Å²) in [5.74, 6) is -7.86. The second-order valence-electron chi connectivity index (χ2n) is 3.93. The van der Waals surface area contributed by atoms with Crippen molar-refractivity contribution in [2.75, 3.05) is 0 Å². The van der Waals surface area contributed by atoms with Gasteiger partial charge in [0.05, 0.1) is 19.3 Å². The predicted molar refractivity (Wildman–Crippen MR) is 74.6 cm³/mol. The van der Waals surface area contributed by atoms with E-state index in [2.05, 4.69) is 0 Å². The number of hydrogen-bond acceptors (Lipinski definition) is 7. The van der Waals surface area contributed by atoms with Crippen LogP contribution in [0.25, 0.3) is 0 Å². The average Bonchev–Trinajstić information content (AvgIpc) is 2.25. The van der Waals surface area contributed by atoms with E-state index in [1.54, 1.807) is 0 Å². The molecule has 14 heteroatoms. The van der Waals surface area contributed by atoms with Gasteiger partial charge in [-0.25, -0.2) is 9.59 Å². The van der Waals surface area contributed by atoms with Crippen LogP contribution in [0.5, 0.6) is 0 Å². The van der Waals surface area contributed by atoms with Crippen molar-refractivity contribution < 1.29 is 68.0 Å². The first-order valence-electron chi connectivity index (χ1n) is 5.34. The summed E-state index contributed by atoms with van der Waals surface area (Å²) in [6.45, 7) is 0. The summed E-state index contributed by atoms with van der Waals surface area (Å²) >= 11 is 0. The molecule has 0 saturated heterocycles. The molecule has 0 aromatic heterocycles. The summed E-state index contributed by atoms with van der Waals surface area (Å²) in [6.07, 6.45) is -4.83. The Labute approximate surface area is 166 Å². The molecule has 0 radical (unpaired) electrons. The summed E-state index contributed by atoms with van der Waals surface area (Å²) in [5.41, 5.74) is -2.74. The molecule has 138 valence electrons. The molecule has 0 bridgehead atoms. The van der Waals surface area contributed by atoms with Gasteiger partial charge in [0.15, 0.2) is 11.7 Å². The summed E-state index contributed by atoms with van der Waals surface area (Å²) < 4.78 is 0. The topological polar surface area (TPSA) is 258 Å². The van der Waals surface area contributed by atoms with Crippen LogP contribution in [0.1, 0.15) is 22.1 Å². The fraction of sp³-hybridized carbons (Fsp3) is 0.500. The van der Waals surface area contributed by atoms with Crippen LogP contribution < -0.4 is 0 Å². The minimum Gasteiger partial charge on any atom is -1.00 e. The monoisotopic (exact) mass is 386 g/mol. The van der Waals surface area contributed by atoms with Crippen molar-refractivity contribution in [1.82, 2.24) is 0 Å². The fourth-order valence-corrected chi connectivity index (χ4v) is 0.967. The zero-order chi connectivity index (χ0) is 18.1. The largest absolute Gasteiger partial charge is 2.00 e. The van der Waals surface area contributed by atoms with Crippen molar-refractivity contribution in [1.29, 1.82) is 0 Å². The Morgan fingerprint density at radius 2 is 1.17 bits per heavy atom. The quantitative estimate of drug-likeness (QED) is 0.202. The van der Waals surface area contributed by atoms with Gasteiger partial charge in [0.1, 0.15) is 0 Å². The van der Waals surface area contributed by atoms with Crippen LogP contribution >= 0.6 is 0 Å². The van der Waals surface area contributed by atoms with Crippen LogP contribution in [-0.4, -0.2) is 121 Å². The molecule has 0 fully saturated rings. The van der Waals surface area contributed by atoms with Crippen LogP contribution in [0.15, 0.2) is 0 Å². The molecule has 0 rings (SSSR count). The minimum atomic E-state index is -2.74. The summed E-state index contributed by atoms with van der Waals surface area (Å²) in [5, 5.41) is 58.0. The van der Waals surface area contributed by atoms with Crippen molar-refractivity contribution >= 4 is 67.6 Å². The smallest absolute Gasteiger partial charge is 1.00 e. The molecular formula is C10H18CaO13. The maximum atomic E-state index is 10.3. The van der Waals surface area contributed by atoms with E-state index in [4.69, 9.17) is 35.7 Å². The Kier molecular flexibility index (Phi) is 17.6. The second kappa shape index (κ2) is 13.9. The minimum absolute atomic E-state index is 0. The SMILES string of the molecule is O.O=C(O)CC(O)(CC(=O)O)C(=O)O.O=C(O)CC(O)C(=O)O.[Ca+2].[H-].[H-]. The van der Waals surface area contributed by atoms with Gasteiger partial charge in [-0.2, -0.15) is 0 Å². The van der Waals surface area contributed by atoms with Crippen LogP contribution in [0.2, 0.25) is 0 Å². The van der Waals surface area contributed by atoms with Gasteiger partial charge >= 0.3 is 67.6 Å². The van der Waals surface area contributed by atoms with Crippen molar-refractivity contribution in [3.63, 3.8) is 0 Å². The molecule has 13 nitrogen and oxygen atoms in total. The van der Waals surface area contributed by atoms with Gasteiger partial charge in [0, 0.05) is 0 Å². The van der Waals surface area contributed by atoms with Crippen LogP contribution in [-0.2, 0) is 24.0 Å². The first kappa shape index (κ1) is 30.4. The maximum absolute atomic E-state index is 10.3. The van der Waals surface area contributed by atoms with Crippen LogP contribution in [0.3, 0.4) is 0 Å². The van der Waals surface area contributed by atoms with Crippen molar-refractivity contribution in [3.05, 3.63) is 0 Å². The van der Waals surface area contributed by atoms with Gasteiger partial charge in [-0.15, -0.1) is 0 Å². The molecule has 1 atom stereocenters. The van der Waals surface area contributed by atoms with Crippen LogP contribution in [0, 0.1) is 0 Å². The Morgan fingerprint density at radius 3 is 1.29 bits per heavy atom. The average molecular weight is 386 g/mol. The zero-order valence-corrected chi connectivity index (χ0v) is 14.3. The summed E-state index contributed by atoms with van der Waals surface area (Å²) in [6, 6.07) is 0. The van der Waals surface area contributed by atoms with Gasteiger partial charge in [0.25, 0.3) is 0 Å². The molecule has 9 N–H and O–H groups in total. The number of aliphatic hydroxyl groups excluding tert-OH is 1. The Balaban J connectivity index is -0.0000000697. The van der Waals surface area contributed by atoms with E-state index >= 15 is 0 Å². The van der Waals surface area contributed by atoms with Gasteiger partial charge in [-0.1, -0.05) is 0 Å². The number of carboxylic acids is 5. The molecule has 0 heterocycles. The third kappa shape index (κ3) is 15.4. The van der Waals surface area contributed by atoms with E-state index in [-0.39, 0.29) is 46.1 Å². The van der Waals surface area contributed by atoms with Gasteiger partial charge in [-0.3, -0.25) is 14.4 Å². The van der Waals surface area contributed by atoms with Crippen molar-refractivity contribution in [2.24, 2.45) is 0 Å². The second-order valence-corrected chi connectivity index (χ2v) is 3.93. The number of hydrogen-bond donors (Lipinski definition) is 7. The van der Waals surface area contributed by atoms with Crippen molar-refractivity contribution in [2.45, 2.75) is 31.0 Å². The maximum Gasteiger partial charge on any atom is 2.00 e. The molecule has 1 unspecified atom stereocenters. The van der Waals surface area contributed by atoms with E-state index in [1.165, 1.54) is 0 Å². The molecule has 0 aliphatic heterocycles. The van der Waals surface area contributed by atoms with E-state index in [0.29, 0.717) is 0 Å². The van der Waals surface area contributed by atoms with Gasteiger partial charge in [-0.05, 0) is 0 Å². The van der Waals surface area contributed by atoms with E-state index in [1.807, 2.05) is 0 Å². The normalized spacial score (nSPS) is 10.6. The molecule has 24 heavy (non-hydrogen) atoms. The number of rotatable bonds is 8.